The highest BCUT2D eigenvalue weighted by molar-refractivity contribution is 7.99. The lowest BCUT2D eigenvalue weighted by Gasteiger charge is -2.05. The van der Waals surface area contributed by atoms with Crippen molar-refractivity contribution in [1.82, 2.24) is 5.32 Å². The molecule has 1 aromatic rings. The van der Waals surface area contributed by atoms with Gasteiger partial charge in [0, 0.05) is 23.8 Å². The van der Waals surface area contributed by atoms with Crippen LogP contribution >= 0.6 is 11.8 Å². The number of thioether (sulfide) groups is 1. The van der Waals surface area contributed by atoms with Gasteiger partial charge in [-0.15, -0.1) is 11.8 Å². The predicted molar refractivity (Wildman–Crippen MR) is 75.7 cm³/mol. The van der Waals surface area contributed by atoms with Crippen molar-refractivity contribution in [2.24, 2.45) is 0 Å². The highest BCUT2D eigenvalue weighted by Crippen LogP contribution is 2.18. The molecule has 0 heterocycles. The van der Waals surface area contributed by atoms with Gasteiger partial charge in [-0.1, -0.05) is 19.1 Å². The third kappa shape index (κ3) is 6.71. The maximum Gasteiger partial charge on any atom is 0.0560 e. The fourth-order valence-corrected chi connectivity index (χ4v) is 2.24. The lowest BCUT2D eigenvalue weighted by Crippen LogP contribution is -2.13. The number of hydrogen-bond acceptors (Lipinski definition) is 3. The molecule has 17 heavy (non-hydrogen) atoms. The predicted octanol–water partition coefficient (Wildman–Crippen LogP) is 3.31. The van der Waals surface area contributed by atoms with E-state index in [4.69, 9.17) is 4.74 Å². The van der Waals surface area contributed by atoms with Crippen LogP contribution in [0.3, 0.4) is 0 Å². The summed E-state index contributed by atoms with van der Waals surface area (Å²) >= 11 is 1.85. The van der Waals surface area contributed by atoms with E-state index in [-0.39, 0.29) is 0 Å². The SMILES string of the molecule is CCCNCc1ccc(SCCOCC)cc1. The molecule has 0 fully saturated rings. The summed E-state index contributed by atoms with van der Waals surface area (Å²) in [6.45, 7) is 7.92. The molecule has 0 unspecified atom stereocenters. The van der Waals surface area contributed by atoms with E-state index in [1.165, 1.54) is 16.9 Å². The van der Waals surface area contributed by atoms with Gasteiger partial charge in [0.1, 0.15) is 0 Å². The summed E-state index contributed by atoms with van der Waals surface area (Å²) in [7, 11) is 0. The minimum atomic E-state index is 0.808. The lowest BCUT2D eigenvalue weighted by atomic mass is 10.2. The maximum absolute atomic E-state index is 5.31. The molecule has 0 aliphatic heterocycles. The average molecular weight is 253 g/mol. The first kappa shape index (κ1) is 14.6. The van der Waals surface area contributed by atoms with Gasteiger partial charge in [-0.3, -0.25) is 0 Å². The molecule has 96 valence electrons. The second-order valence-corrected chi connectivity index (χ2v) is 5.03. The van der Waals surface area contributed by atoms with Crippen molar-refractivity contribution >= 4 is 11.8 Å². The molecule has 1 aromatic carbocycles. The summed E-state index contributed by atoms with van der Waals surface area (Å²) in [4.78, 5) is 1.32. The van der Waals surface area contributed by atoms with Gasteiger partial charge < -0.3 is 10.1 Å². The van der Waals surface area contributed by atoms with Crippen LogP contribution in [0.1, 0.15) is 25.8 Å². The molecule has 0 spiro atoms. The first-order valence-electron chi connectivity index (χ1n) is 6.37. The van der Waals surface area contributed by atoms with Gasteiger partial charge in [0.2, 0.25) is 0 Å². The Balaban J connectivity index is 2.24. The first-order chi connectivity index (χ1) is 8.36. The van der Waals surface area contributed by atoms with Gasteiger partial charge >= 0.3 is 0 Å². The maximum atomic E-state index is 5.31. The van der Waals surface area contributed by atoms with Crippen LogP contribution in [0.25, 0.3) is 0 Å². The Kier molecular flexibility index (Phi) is 8.14. The van der Waals surface area contributed by atoms with Crippen molar-refractivity contribution in [3.63, 3.8) is 0 Å². The number of nitrogens with one attached hydrogen (secondary N) is 1. The standard InChI is InChI=1S/C14H23NOS/c1-3-9-15-12-13-5-7-14(8-6-13)17-11-10-16-4-2/h5-8,15H,3-4,9-12H2,1-2H3. The number of hydrogen-bond donors (Lipinski definition) is 1. The molecular formula is C14H23NOS. The normalized spacial score (nSPS) is 10.7. The minimum Gasteiger partial charge on any atom is -0.381 e. The van der Waals surface area contributed by atoms with Gasteiger partial charge in [-0.25, -0.2) is 0 Å². The van der Waals surface area contributed by atoms with Crippen molar-refractivity contribution < 1.29 is 4.74 Å². The summed E-state index contributed by atoms with van der Waals surface area (Å²) in [6.07, 6.45) is 1.19. The molecule has 0 saturated carbocycles. The van der Waals surface area contributed by atoms with E-state index in [2.05, 4.69) is 36.5 Å². The first-order valence-corrected chi connectivity index (χ1v) is 7.35. The zero-order chi connectivity index (χ0) is 12.3. The fraction of sp³-hybridized carbons (Fsp3) is 0.571. The fourth-order valence-electron chi connectivity index (χ4n) is 1.48. The Morgan fingerprint density at radius 3 is 2.59 bits per heavy atom. The summed E-state index contributed by atoms with van der Waals surface area (Å²) in [5.41, 5.74) is 1.35. The van der Waals surface area contributed by atoms with Gasteiger partial charge in [0.15, 0.2) is 0 Å². The number of benzene rings is 1. The number of rotatable bonds is 9. The monoisotopic (exact) mass is 253 g/mol. The van der Waals surface area contributed by atoms with E-state index >= 15 is 0 Å². The van der Waals surface area contributed by atoms with Crippen molar-refractivity contribution in [2.45, 2.75) is 31.7 Å². The topological polar surface area (TPSA) is 21.3 Å². The van der Waals surface area contributed by atoms with Crippen LogP contribution < -0.4 is 5.32 Å². The molecule has 1 rings (SSSR count). The third-order valence-corrected chi connectivity index (χ3v) is 3.36. The Morgan fingerprint density at radius 2 is 1.94 bits per heavy atom. The van der Waals surface area contributed by atoms with Crippen LogP contribution in [0, 0.1) is 0 Å². The Hall–Kier alpha value is -0.510. The molecule has 0 aliphatic carbocycles. The highest BCUT2D eigenvalue weighted by Gasteiger charge is 1.95. The molecule has 2 nitrogen and oxygen atoms in total. The van der Waals surface area contributed by atoms with Crippen LogP contribution in [0.15, 0.2) is 29.2 Å². The second kappa shape index (κ2) is 9.51. The van der Waals surface area contributed by atoms with Gasteiger partial charge in [-0.2, -0.15) is 0 Å². The van der Waals surface area contributed by atoms with Crippen molar-refractivity contribution in [1.29, 1.82) is 0 Å². The van der Waals surface area contributed by atoms with Crippen LogP contribution in [-0.4, -0.2) is 25.5 Å². The molecule has 0 amide bonds. The van der Waals surface area contributed by atoms with Crippen LogP contribution in [-0.2, 0) is 11.3 Å². The minimum absolute atomic E-state index is 0.808. The van der Waals surface area contributed by atoms with E-state index in [1.807, 2.05) is 18.7 Å². The van der Waals surface area contributed by atoms with Gasteiger partial charge in [0.05, 0.1) is 6.61 Å². The van der Waals surface area contributed by atoms with Crippen LogP contribution in [0.5, 0.6) is 0 Å². The second-order valence-electron chi connectivity index (χ2n) is 3.87. The molecule has 1 N–H and O–H groups in total. The Morgan fingerprint density at radius 1 is 1.18 bits per heavy atom. The summed E-state index contributed by atoms with van der Waals surface area (Å²) in [5, 5.41) is 3.40. The Bertz CT molecular complexity index is 287. The van der Waals surface area contributed by atoms with E-state index in [1.54, 1.807) is 0 Å². The summed E-state index contributed by atoms with van der Waals surface area (Å²) in [6, 6.07) is 8.79. The van der Waals surface area contributed by atoms with E-state index in [9.17, 15) is 0 Å². The third-order valence-electron chi connectivity index (χ3n) is 2.38. The van der Waals surface area contributed by atoms with E-state index < -0.39 is 0 Å². The number of ether oxygens (including phenoxy) is 1. The van der Waals surface area contributed by atoms with E-state index in [0.29, 0.717) is 0 Å². The molecule has 0 atom stereocenters. The summed E-state index contributed by atoms with van der Waals surface area (Å²) < 4.78 is 5.31. The molecular weight excluding hydrogens is 230 g/mol. The average Bonchev–Trinajstić information content (AvgIpc) is 2.37. The van der Waals surface area contributed by atoms with E-state index in [0.717, 1.165) is 32.1 Å². The van der Waals surface area contributed by atoms with Gasteiger partial charge in [0.25, 0.3) is 0 Å². The lowest BCUT2D eigenvalue weighted by molar-refractivity contribution is 0.164. The molecule has 0 aromatic heterocycles. The van der Waals surface area contributed by atoms with Crippen molar-refractivity contribution in [2.75, 3.05) is 25.5 Å². The smallest absolute Gasteiger partial charge is 0.0560 e. The molecule has 0 saturated heterocycles. The van der Waals surface area contributed by atoms with Crippen LogP contribution in [0.4, 0.5) is 0 Å². The zero-order valence-corrected chi connectivity index (χ0v) is 11.7. The van der Waals surface area contributed by atoms with Crippen molar-refractivity contribution in [3.8, 4) is 0 Å². The van der Waals surface area contributed by atoms with Crippen LogP contribution in [0.2, 0.25) is 0 Å². The molecule has 3 heteroatoms. The highest BCUT2D eigenvalue weighted by atomic mass is 32.2. The molecule has 0 radical (unpaired) electrons. The molecule has 0 aliphatic rings. The van der Waals surface area contributed by atoms with Crippen molar-refractivity contribution in [3.05, 3.63) is 29.8 Å². The molecule has 0 bridgehead atoms. The van der Waals surface area contributed by atoms with Gasteiger partial charge in [-0.05, 0) is 37.6 Å². The summed E-state index contributed by atoms with van der Waals surface area (Å²) in [5.74, 6) is 1.03. The quantitative estimate of drug-likeness (QED) is 0.539. The zero-order valence-electron chi connectivity index (χ0n) is 10.9. The largest absolute Gasteiger partial charge is 0.381 e. The Labute approximate surface area is 109 Å².